The maximum Gasteiger partial charge on any atom is 0.500 e. The van der Waals surface area contributed by atoms with E-state index in [2.05, 4.69) is 81.1 Å². The average Bonchev–Trinajstić information content (AvgIpc) is 3.32. The van der Waals surface area contributed by atoms with E-state index in [1.54, 1.807) is 0 Å². The lowest BCUT2D eigenvalue weighted by Crippen LogP contribution is -2.46. The van der Waals surface area contributed by atoms with Crippen LogP contribution in [0.5, 0.6) is 23.0 Å². The summed E-state index contributed by atoms with van der Waals surface area (Å²) in [5.41, 5.74) is 11.1. The van der Waals surface area contributed by atoms with Crippen LogP contribution in [0.25, 0.3) is 0 Å². The summed E-state index contributed by atoms with van der Waals surface area (Å²) in [6.07, 6.45) is 8.50. The van der Waals surface area contributed by atoms with Crippen LogP contribution in [0.2, 0.25) is 6.04 Å². The maximum absolute atomic E-state index is 6.94. The third kappa shape index (κ3) is 15.6. The van der Waals surface area contributed by atoms with Crippen LogP contribution in [0, 0.1) is 0 Å². The predicted molar refractivity (Wildman–Crippen MR) is 270 cm³/mol. The van der Waals surface area contributed by atoms with Crippen LogP contribution in [0.1, 0.15) is 110 Å². The number of para-hydroxylation sites is 2. The monoisotopic (exact) mass is 955 g/mol. The first-order valence-corrected chi connectivity index (χ1v) is 27.2. The normalized spacial score (nSPS) is 15.5. The van der Waals surface area contributed by atoms with Crippen LogP contribution in [0.3, 0.4) is 0 Å². The minimum atomic E-state index is -2.86. The Kier molecular flexibility index (Phi) is 22.7. The molecule has 0 radical (unpaired) electrons. The Morgan fingerprint density at radius 3 is 1.22 bits per heavy atom. The van der Waals surface area contributed by atoms with Crippen molar-refractivity contribution in [3.8, 4) is 23.0 Å². The number of hydrogen-bond donors (Lipinski definition) is 0. The molecule has 0 unspecified atom stereocenters. The van der Waals surface area contributed by atoms with Crippen molar-refractivity contribution >= 4 is 8.80 Å². The highest BCUT2D eigenvalue weighted by atomic mass is 28.4. The fraction of sp³-hybridized carbons (Fsp3) is 0.536. The van der Waals surface area contributed by atoms with E-state index in [1.807, 2.05) is 26.8 Å². The van der Waals surface area contributed by atoms with Crippen LogP contribution in [-0.4, -0.2) is 108 Å². The summed E-state index contributed by atoms with van der Waals surface area (Å²) in [5, 5.41) is 0. The molecular formula is C56H78O11Si. The molecule has 4 aromatic carbocycles. The number of fused-ring (bicyclic) bond motifs is 2. The molecule has 0 saturated carbocycles. The molecule has 12 heteroatoms. The van der Waals surface area contributed by atoms with Crippen LogP contribution in [0.4, 0.5) is 0 Å². The quantitative estimate of drug-likeness (QED) is 0.0620. The van der Waals surface area contributed by atoms with Gasteiger partial charge in [0.2, 0.25) is 0 Å². The van der Waals surface area contributed by atoms with E-state index in [9.17, 15) is 0 Å². The molecule has 372 valence electrons. The average molecular weight is 955 g/mol. The first kappa shape index (κ1) is 53.1. The zero-order valence-electron chi connectivity index (χ0n) is 41.7. The molecule has 0 aromatic heterocycles. The lowest BCUT2D eigenvalue weighted by atomic mass is 9.89. The highest BCUT2D eigenvalue weighted by molar-refractivity contribution is 6.60. The number of allylic oxidation sites excluding steroid dienone is 1. The molecule has 0 saturated heterocycles. The van der Waals surface area contributed by atoms with Crippen molar-refractivity contribution in [2.24, 2.45) is 0 Å². The summed E-state index contributed by atoms with van der Waals surface area (Å²) >= 11 is 0. The van der Waals surface area contributed by atoms with Crippen molar-refractivity contribution in [2.75, 3.05) is 99.1 Å². The van der Waals surface area contributed by atoms with Crippen molar-refractivity contribution in [3.63, 3.8) is 0 Å². The number of benzene rings is 4. The zero-order chi connectivity index (χ0) is 47.8. The van der Waals surface area contributed by atoms with E-state index in [0.717, 1.165) is 106 Å². The summed E-state index contributed by atoms with van der Waals surface area (Å²) in [4.78, 5) is 0. The van der Waals surface area contributed by atoms with E-state index < -0.39 is 8.80 Å². The second-order valence-corrected chi connectivity index (χ2v) is 19.9. The molecule has 68 heavy (non-hydrogen) atoms. The third-order valence-electron chi connectivity index (χ3n) is 11.9. The Balaban J connectivity index is 1.55. The standard InChI is InChI=1S/C56H78O11Si/c1-7-16-43-35-49-39-45-18-13-20-47(53(45)61-22-8-2)41-51-37-44(17-15-34-68(65-10-4,66-11-5)67-12-6)38-52-42-48-21-14-19-46(54(48)62-23-9-3)40-50(36-43)55(49)63-32-30-59-28-26-57-24-25-58-27-29-60-31-33-64-56(51)52/h7,13-14,18-21,35-38H,1,8-12,15-17,22-34,39-42H2,2-6H3. The molecule has 10 bridgehead atoms. The van der Waals surface area contributed by atoms with E-state index in [1.165, 1.54) is 11.1 Å². The van der Waals surface area contributed by atoms with Crippen LogP contribution in [-0.2, 0) is 70.8 Å². The van der Waals surface area contributed by atoms with Gasteiger partial charge in [-0.2, -0.15) is 0 Å². The summed E-state index contributed by atoms with van der Waals surface area (Å²) in [6.45, 7) is 21.7. The number of ether oxygens (including phenoxy) is 8. The fourth-order valence-electron chi connectivity index (χ4n) is 9.09. The minimum absolute atomic E-state index is 0.372. The number of rotatable bonds is 18. The van der Waals surface area contributed by atoms with Gasteiger partial charge in [0.05, 0.1) is 66.1 Å². The van der Waals surface area contributed by atoms with Gasteiger partial charge in [0.15, 0.2) is 0 Å². The van der Waals surface area contributed by atoms with Crippen molar-refractivity contribution in [3.05, 3.63) is 129 Å². The molecule has 4 aromatic rings. The summed E-state index contributed by atoms with van der Waals surface area (Å²) in [5.74, 6) is 3.53. The van der Waals surface area contributed by atoms with Gasteiger partial charge < -0.3 is 51.2 Å². The van der Waals surface area contributed by atoms with Gasteiger partial charge in [-0.05, 0) is 109 Å². The zero-order valence-corrected chi connectivity index (χ0v) is 42.7. The number of hydrogen-bond acceptors (Lipinski definition) is 11. The summed E-state index contributed by atoms with van der Waals surface area (Å²) in [6, 6.07) is 23.1. The minimum Gasteiger partial charge on any atom is -0.493 e. The fourth-order valence-corrected chi connectivity index (χ4v) is 11.7. The largest absolute Gasteiger partial charge is 0.500 e. The Hall–Kier alpha value is -4.24. The van der Waals surface area contributed by atoms with Crippen molar-refractivity contribution in [1.82, 2.24) is 0 Å². The van der Waals surface area contributed by atoms with Crippen molar-refractivity contribution in [2.45, 2.75) is 98.5 Å². The van der Waals surface area contributed by atoms with Gasteiger partial charge in [-0.1, -0.05) is 80.6 Å². The second kappa shape index (κ2) is 29.1. The Morgan fingerprint density at radius 1 is 0.500 bits per heavy atom. The molecule has 0 atom stereocenters. The van der Waals surface area contributed by atoms with Crippen molar-refractivity contribution in [1.29, 1.82) is 0 Å². The van der Waals surface area contributed by atoms with E-state index >= 15 is 0 Å². The molecule has 0 spiro atoms. The second-order valence-electron chi connectivity index (χ2n) is 17.2. The molecule has 6 rings (SSSR count). The Bertz CT molecular complexity index is 2020. The Labute approximate surface area is 408 Å². The lowest BCUT2D eigenvalue weighted by molar-refractivity contribution is -0.00706. The molecule has 1 aliphatic carbocycles. The van der Waals surface area contributed by atoms with Gasteiger partial charge in [0.25, 0.3) is 0 Å². The Morgan fingerprint density at radius 2 is 0.868 bits per heavy atom. The summed E-state index contributed by atoms with van der Waals surface area (Å²) in [7, 11) is -2.86. The SMILES string of the molecule is C=CCc1cc2c3c(c1)Cc1cccc(c1OCCC)Cc1cc(CCC[Si](OCC)(OCC)OCC)cc(c1OCCOCCOCCOCCOCCO3)Cc1cccc(c1OCCC)C2. The molecule has 0 fully saturated rings. The molecule has 0 N–H and O–H groups in total. The molecule has 1 heterocycles. The maximum atomic E-state index is 6.94. The van der Waals surface area contributed by atoms with Crippen LogP contribution < -0.4 is 18.9 Å². The van der Waals surface area contributed by atoms with Crippen LogP contribution in [0.15, 0.2) is 73.3 Å². The highest BCUT2D eigenvalue weighted by Gasteiger charge is 2.39. The first-order chi connectivity index (χ1) is 33.4. The molecular weight excluding hydrogens is 877 g/mol. The lowest BCUT2D eigenvalue weighted by Gasteiger charge is -2.28. The molecule has 1 aliphatic heterocycles. The third-order valence-corrected chi connectivity index (χ3v) is 15.0. The smallest absolute Gasteiger partial charge is 0.493 e. The number of aryl methyl sites for hydroxylation is 1. The van der Waals surface area contributed by atoms with Gasteiger partial charge in [-0.25, -0.2) is 0 Å². The molecule has 0 amide bonds. The molecule has 11 nitrogen and oxygen atoms in total. The van der Waals surface area contributed by atoms with E-state index in [-0.39, 0.29) is 0 Å². The summed E-state index contributed by atoms with van der Waals surface area (Å²) < 4.78 is 70.0. The first-order valence-electron chi connectivity index (χ1n) is 25.3. The predicted octanol–water partition coefficient (Wildman–Crippen LogP) is 10.5. The van der Waals surface area contributed by atoms with Crippen LogP contribution >= 0.6 is 0 Å². The van der Waals surface area contributed by atoms with Gasteiger partial charge in [-0.15, -0.1) is 6.58 Å². The van der Waals surface area contributed by atoms with Gasteiger partial charge in [0, 0.05) is 51.5 Å². The topological polar surface area (TPSA) is 102 Å². The van der Waals surface area contributed by atoms with Gasteiger partial charge in [-0.3, -0.25) is 0 Å². The van der Waals surface area contributed by atoms with Gasteiger partial charge in [0.1, 0.15) is 36.2 Å². The van der Waals surface area contributed by atoms with E-state index in [4.69, 9.17) is 51.2 Å². The highest BCUT2D eigenvalue weighted by Crippen LogP contribution is 2.40. The van der Waals surface area contributed by atoms with Gasteiger partial charge >= 0.3 is 8.80 Å². The van der Waals surface area contributed by atoms with E-state index in [0.29, 0.717) is 125 Å². The van der Waals surface area contributed by atoms with Crippen molar-refractivity contribution < 1.29 is 51.2 Å². The molecule has 2 aliphatic rings.